The van der Waals surface area contributed by atoms with Crippen LogP contribution in [0.15, 0.2) is 50.8 Å². The maximum absolute atomic E-state index is 13.2. The van der Waals surface area contributed by atoms with Gasteiger partial charge in [0.2, 0.25) is 0 Å². The molecule has 9 heteroatoms. The lowest BCUT2D eigenvalue weighted by Crippen LogP contribution is -2.24. The van der Waals surface area contributed by atoms with Gasteiger partial charge in [0.05, 0.1) is 24.2 Å². The Morgan fingerprint density at radius 1 is 1.34 bits per heavy atom. The minimum Gasteiger partial charge on any atom is -0.493 e. The summed E-state index contributed by atoms with van der Waals surface area (Å²) in [6.07, 6.45) is 2.74. The number of hydrogen-bond acceptors (Lipinski definition) is 6. The average molecular weight is 502 g/mol. The Labute approximate surface area is 193 Å². The number of benzene rings is 2. The molecule has 1 aromatic heterocycles. The van der Waals surface area contributed by atoms with Crippen molar-refractivity contribution < 1.29 is 19.4 Å². The second kappa shape index (κ2) is 10.4. The van der Waals surface area contributed by atoms with Crippen LogP contribution in [0, 0.1) is 0 Å². The molecule has 3 rings (SSSR count). The predicted molar refractivity (Wildman–Crippen MR) is 126 cm³/mol. The minimum absolute atomic E-state index is 0.230. The summed E-state index contributed by atoms with van der Waals surface area (Å²) in [5.74, 6) is 0.0304. The van der Waals surface area contributed by atoms with Gasteiger partial charge in [-0.25, -0.2) is 9.78 Å². The Morgan fingerprint density at radius 2 is 2.12 bits per heavy atom. The zero-order chi connectivity index (χ0) is 23.3. The van der Waals surface area contributed by atoms with E-state index in [-0.39, 0.29) is 11.3 Å². The standard InChI is InChI=1S/C23H24BrN3O5/c1-4-5-9-20-26-18-11-10-16(24)12-17(18)22(28)27(20)25-13-15-7-6-8-19(31-3)21(15)32-14(2)23(29)30/h6-8,10-14H,4-5,9H2,1-3H3,(H,29,30)/t14-/m0/s1. The smallest absolute Gasteiger partial charge is 0.344 e. The molecule has 3 aromatic rings. The highest BCUT2D eigenvalue weighted by atomic mass is 79.9. The van der Waals surface area contributed by atoms with Crippen molar-refractivity contribution >= 4 is 39.0 Å². The lowest BCUT2D eigenvalue weighted by atomic mass is 10.2. The molecule has 8 nitrogen and oxygen atoms in total. The Bertz CT molecular complexity index is 1220. The molecule has 0 amide bonds. The van der Waals surface area contributed by atoms with E-state index in [2.05, 4.69) is 32.9 Å². The molecule has 0 saturated heterocycles. The summed E-state index contributed by atoms with van der Waals surface area (Å²) in [5, 5.41) is 14.1. The van der Waals surface area contributed by atoms with E-state index in [4.69, 9.17) is 9.47 Å². The fourth-order valence-corrected chi connectivity index (χ4v) is 3.44. The number of fused-ring (bicyclic) bond motifs is 1. The number of hydrogen-bond donors (Lipinski definition) is 1. The number of aryl methyl sites for hydroxylation is 1. The molecule has 1 atom stereocenters. The predicted octanol–water partition coefficient (Wildman–Crippen LogP) is 4.24. The van der Waals surface area contributed by atoms with Gasteiger partial charge in [-0.2, -0.15) is 9.78 Å². The molecule has 0 unspecified atom stereocenters. The number of para-hydroxylation sites is 1. The van der Waals surface area contributed by atoms with Crippen LogP contribution in [0.5, 0.6) is 11.5 Å². The summed E-state index contributed by atoms with van der Waals surface area (Å²) in [7, 11) is 1.47. The van der Waals surface area contributed by atoms with Crippen molar-refractivity contribution in [2.75, 3.05) is 7.11 Å². The second-order valence-corrected chi connectivity index (χ2v) is 8.05. The van der Waals surface area contributed by atoms with E-state index in [1.54, 1.807) is 30.3 Å². The maximum atomic E-state index is 13.2. The molecule has 0 bridgehead atoms. The molecule has 32 heavy (non-hydrogen) atoms. The van der Waals surface area contributed by atoms with Gasteiger partial charge in [-0.1, -0.05) is 35.3 Å². The molecule has 0 fully saturated rings. The molecule has 1 N–H and O–H groups in total. The molecule has 0 aliphatic carbocycles. The number of carboxylic acids is 1. The van der Waals surface area contributed by atoms with Crippen molar-refractivity contribution in [2.45, 2.75) is 39.2 Å². The Kier molecular flexibility index (Phi) is 7.63. The molecule has 2 aromatic carbocycles. The molecular formula is C23H24BrN3O5. The number of halogens is 1. The van der Waals surface area contributed by atoms with Gasteiger partial charge in [-0.15, -0.1) is 0 Å². The summed E-state index contributed by atoms with van der Waals surface area (Å²) in [4.78, 5) is 29.1. The largest absolute Gasteiger partial charge is 0.493 e. The van der Waals surface area contributed by atoms with Crippen LogP contribution in [0.2, 0.25) is 0 Å². The highest BCUT2D eigenvalue weighted by Crippen LogP contribution is 2.31. The molecule has 168 valence electrons. The van der Waals surface area contributed by atoms with E-state index in [0.717, 1.165) is 17.3 Å². The van der Waals surface area contributed by atoms with Crippen LogP contribution in [-0.2, 0) is 11.2 Å². The number of methoxy groups -OCH3 is 1. The van der Waals surface area contributed by atoms with Crippen molar-refractivity contribution in [1.82, 2.24) is 9.66 Å². The summed E-state index contributed by atoms with van der Waals surface area (Å²) in [5.41, 5.74) is 0.791. The van der Waals surface area contributed by atoms with Gasteiger partial charge in [-0.05, 0) is 43.7 Å². The third-order valence-corrected chi connectivity index (χ3v) is 5.31. The van der Waals surface area contributed by atoms with E-state index in [1.165, 1.54) is 24.9 Å². The van der Waals surface area contributed by atoms with Crippen LogP contribution in [0.25, 0.3) is 10.9 Å². The van der Waals surface area contributed by atoms with Crippen LogP contribution in [0.1, 0.15) is 38.1 Å². The third-order valence-electron chi connectivity index (χ3n) is 4.81. The van der Waals surface area contributed by atoms with Crippen molar-refractivity contribution in [3.8, 4) is 11.5 Å². The molecule has 0 radical (unpaired) electrons. The van der Waals surface area contributed by atoms with Crippen LogP contribution in [0.3, 0.4) is 0 Å². The average Bonchev–Trinajstić information content (AvgIpc) is 2.78. The summed E-state index contributed by atoms with van der Waals surface area (Å²) >= 11 is 3.39. The second-order valence-electron chi connectivity index (χ2n) is 7.13. The van der Waals surface area contributed by atoms with E-state index >= 15 is 0 Å². The van der Waals surface area contributed by atoms with E-state index in [0.29, 0.717) is 34.5 Å². The minimum atomic E-state index is -1.11. The van der Waals surface area contributed by atoms with Crippen LogP contribution >= 0.6 is 15.9 Å². The molecule has 0 aliphatic rings. The van der Waals surface area contributed by atoms with Crippen molar-refractivity contribution in [2.24, 2.45) is 5.10 Å². The summed E-state index contributed by atoms with van der Waals surface area (Å²) in [6.45, 7) is 3.49. The zero-order valence-corrected chi connectivity index (χ0v) is 19.6. The molecule has 1 heterocycles. The first-order valence-corrected chi connectivity index (χ1v) is 11.0. The zero-order valence-electron chi connectivity index (χ0n) is 18.0. The fourth-order valence-electron chi connectivity index (χ4n) is 3.08. The van der Waals surface area contributed by atoms with E-state index in [9.17, 15) is 14.7 Å². The molecular weight excluding hydrogens is 478 g/mol. The fraction of sp³-hybridized carbons (Fsp3) is 0.304. The molecule has 0 aliphatic heterocycles. The number of carbonyl (C=O) groups is 1. The number of carboxylic acid groups (broad SMARTS) is 1. The van der Waals surface area contributed by atoms with Crippen molar-refractivity contribution in [3.05, 3.63) is 62.6 Å². The van der Waals surface area contributed by atoms with Crippen LogP contribution in [0.4, 0.5) is 0 Å². The van der Waals surface area contributed by atoms with Gasteiger partial charge in [0.15, 0.2) is 17.6 Å². The SMILES string of the molecule is CCCCc1nc2ccc(Br)cc2c(=O)n1N=Cc1cccc(OC)c1O[C@@H](C)C(=O)O. The number of unbranched alkanes of at least 4 members (excludes halogenated alkanes) is 1. The summed E-state index contributed by atoms with van der Waals surface area (Å²) in [6, 6.07) is 10.5. The summed E-state index contributed by atoms with van der Waals surface area (Å²) < 4.78 is 13.0. The molecule has 0 spiro atoms. The Balaban J connectivity index is 2.12. The van der Waals surface area contributed by atoms with Crippen LogP contribution in [-0.4, -0.2) is 40.2 Å². The normalized spacial score (nSPS) is 12.2. The number of aromatic nitrogens is 2. The third kappa shape index (κ3) is 5.16. The van der Waals surface area contributed by atoms with E-state index in [1.807, 2.05) is 6.07 Å². The number of nitrogens with zero attached hydrogens (tertiary/aromatic N) is 3. The van der Waals surface area contributed by atoms with Crippen molar-refractivity contribution in [3.63, 3.8) is 0 Å². The Morgan fingerprint density at radius 3 is 2.81 bits per heavy atom. The first-order chi connectivity index (χ1) is 15.3. The van der Waals surface area contributed by atoms with Gasteiger partial charge in [0.1, 0.15) is 5.82 Å². The van der Waals surface area contributed by atoms with E-state index < -0.39 is 12.1 Å². The highest BCUT2D eigenvalue weighted by Gasteiger charge is 2.18. The molecule has 0 saturated carbocycles. The quantitative estimate of drug-likeness (QED) is 0.439. The topological polar surface area (TPSA) is 103 Å². The maximum Gasteiger partial charge on any atom is 0.344 e. The van der Waals surface area contributed by atoms with Gasteiger partial charge in [-0.3, -0.25) is 4.79 Å². The van der Waals surface area contributed by atoms with Gasteiger partial charge in [0, 0.05) is 16.5 Å². The Hall–Kier alpha value is -3.20. The monoisotopic (exact) mass is 501 g/mol. The first-order valence-electron chi connectivity index (χ1n) is 10.2. The van der Waals surface area contributed by atoms with Gasteiger partial charge >= 0.3 is 5.97 Å². The first kappa shape index (κ1) is 23.5. The number of ether oxygens (including phenoxy) is 2. The highest BCUT2D eigenvalue weighted by molar-refractivity contribution is 9.10. The number of rotatable bonds is 9. The van der Waals surface area contributed by atoms with Crippen molar-refractivity contribution in [1.29, 1.82) is 0 Å². The van der Waals surface area contributed by atoms with Gasteiger partial charge < -0.3 is 14.6 Å². The lowest BCUT2D eigenvalue weighted by Gasteiger charge is -2.16. The van der Waals surface area contributed by atoms with Crippen LogP contribution < -0.4 is 15.0 Å². The van der Waals surface area contributed by atoms with Gasteiger partial charge in [0.25, 0.3) is 5.56 Å². The number of aliphatic carboxylic acids is 1. The lowest BCUT2D eigenvalue weighted by molar-refractivity contribution is -0.144.